The van der Waals surface area contributed by atoms with E-state index in [-0.39, 0.29) is 11.8 Å². The summed E-state index contributed by atoms with van der Waals surface area (Å²) in [7, 11) is 0. The Balaban J connectivity index is 2.15. The molecule has 1 heterocycles. The molecule has 114 valence electrons. The first-order valence-corrected chi connectivity index (χ1v) is 7.39. The highest BCUT2D eigenvalue weighted by atomic mass is 16.4. The number of benzene rings is 1. The molecule has 0 saturated carbocycles. The predicted molar refractivity (Wildman–Crippen MR) is 79.9 cm³/mol. The first-order valence-electron chi connectivity index (χ1n) is 7.39. The lowest BCUT2D eigenvalue weighted by Gasteiger charge is -2.28. The van der Waals surface area contributed by atoms with E-state index < -0.39 is 18.1 Å². The Morgan fingerprint density at radius 1 is 1.43 bits per heavy atom. The SMILES string of the molecule is CC[C@H](C)[C@H](NC(=O)C1NCCc2ccccc21)C(=O)O. The molecule has 0 fully saturated rings. The summed E-state index contributed by atoms with van der Waals surface area (Å²) >= 11 is 0. The number of hydrogen-bond donors (Lipinski definition) is 3. The number of carbonyl (C=O) groups excluding carboxylic acids is 1. The molecule has 1 unspecified atom stereocenters. The average molecular weight is 290 g/mol. The van der Waals surface area contributed by atoms with E-state index in [1.54, 1.807) is 0 Å². The molecule has 1 aromatic rings. The molecule has 3 atom stereocenters. The van der Waals surface area contributed by atoms with Gasteiger partial charge < -0.3 is 15.7 Å². The summed E-state index contributed by atoms with van der Waals surface area (Å²) in [4.78, 5) is 23.8. The molecular formula is C16H22N2O3. The van der Waals surface area contributed by atoms with E-state index >= 15 is 0 Å². The van der Waals surface area contributed by atoms with E-state index in [9.17, 15) is 14.7 Å². The van der Waals surface area contributed by atoms with Crippen LogP contribution in [0.1, 0.15) is 37.4 Å². The predicted octanol–water partition coefficient (Wildman–Crippen LogP) is 1.49. The van der Waals surface area contributed by atoms with Crippen LogP contribution in [0.4, 0.5) is 0 Å². The van der Waals surface area contributed by atoms with Crippen molar-refractivity contribution in [2.45, 2.75) is 38.8 Å². The van der Waals surface area contributed by atoms with Crippen molar-refractivity contribution in [1.29, 1.82) is 0 Å². The highest BCUT2D eigenvalue weighted by Gasteiger charge is 2.31. The standard InChI is InChI=1S/C16H22N2O3/c1-3-10(2)13(16(20)21)18-15(19)14-12-7-5-4-6-11(12)8-9-17-14/h4-7,10,13-14,17H,3,8-9H2,1-2H3,(H,18,19)(H,20,21)/t10-,13-,14?/m0/s1. The molecule has 0 aromatic heterocycles. The van der Waals surface area contributed by atoms with Gasteiger partial charge >= 0.3 is 5.97 Å². The molecule has 0 spiro atoms. The summed E-state index contributed by atoms with van der Waals surface area (Å²) in [5.41, 5.74) is 2.08. The first kappa shape index (κ1) is 15.5. The second-order valence-corrected chi connectivity index (χ2v) is 5.55. The van der Waals surface area contributed by atoms with Crippen molar-refractivity contribution >= 4 is 11.9 Å². The number of rotatable bonds is 5. The number of carboxylic acid groups (broad SMARTS) is 1. The van der Waals surface area contributed by atoms with E-state index in [1.165, 1.54) is 0 Å². The van der Waals surface area contributed by atoms with Crippen LogP contribution in [-0.4, -0.2) is 29.6 Å². The molecule has 2 rings (SSSR count). The maximum Gasteiger partial charge on any atom is 0.326 e. The highest BCUT2D eigenvalue weighted by molar-refractivity contribution is 5.88. The molecule has 1 aliphatic heterocycles. The lowest BCUT2D eigenvalue weighted by atomic mass is 9.93. The van der Waals surface area contributed by atoms with E-state index in [0.29, 0.717) is 6.42 Å². The van der Waals surface area contributed by atoms with Crippen LogP contribution >= 0.6 is 0 Å². The second-order valence-electron chi connectivity index (χ2n) is 5.55. The molecular weight excluding hydrogens is 268 g/mol. The topological polar surface area (TPSA) is 78.4 Å². The summed E-state index contributed by atoms with van der Waals surface area (Å²) in [6, 6.07) is 6.47. The molecule has 5 heteroatoms. The molecule has 0 aliphatic carbocycles. The largest absolute Gasteiger partial charge is 0.480 e. The van der Waals surface area contributed by atoms with Crippen molar-refractivity contribution in [2.24, 2.45) is 5.92 Å². The van der Waals surface area contributed by atoms with Gasteiger partial charge in [0.1, 0.15) is 12.1 Å². The Kier molecular flexibility index (Phi) is 4.96. The normalized spacial score (nSPS) is 20.2. The summed E-state index contributed by atoms with van der Waals surface area (Å²) in [5, 5.41) is 15.1. The molecule has 0 radical (unpaired) electrons. The number of carbonyl (C=O) groups is 2. The third kappa shape index (κ3) is 3.42. The van der Waals surface area contributed by atoms with Gasteiger partial charge in [-0.3, -0.25) is 4.79 Å². The van der Waals surface area contributed by atoms with Crippen LogP contribution in [0.5, 0.6) is 0 Å². The molecule has 5 nitrogen and oxygen atoms in total. The fourth-order valence-electron chi connectivity index (χ4n) is 2.66. The molecule has 1 aromatic carbocycles. The number of amides is 1. The van der Waals surface area contributed by atoms with Gasteiger partial charge in [-0.25, -0.2) is 4.79 Å². The highest BCUT2D eigenvalue weighted by Crippen LogP contribution is 2.23. The van der Waals surface area contributed by atoms with Crippen LogP contribution in [0.15, 0.2) is 24.3 Å². The minimum absolute atomic E-state index is 0.106. The first-order chi connectivity index (χ1) is 10.0. The average Bonchev–Trinajstić information content (AvgIpc) is 2.50. The molecule has 1 amide bonds. The van der Waals surface area contributed by atoms with Gasteiger partial charge in [-0.05, 0) is 23.5 Å². The molecule has 1 aliphatic rings. The Labute approximate surface area is 124 Å². The third-order valence-electron chi connectivity index (χ3n) is 4.15. The van der Waals surface area contributed by atoms with Crippen molar-refractivity contribution in [3.8, 4) is 0 Å². The number of fused-ring (bicyclic) bond motifs is 1. The van der Waals surface area contributed by atoms with Crippen LogP contribution < -0.4 is 10.6 Å². The smallest absolute Gasteiger partial charge is 0.326 e. The van der Waals surface area contributed by atoms with E-state index in [1.807, 2.05) is 38.1 Å². The van der Waals surface area contributed by atoms with E-state index in [2.05, 4.69) is 10.6 Å². The Hall–Kier alpha value is -1.88. The summed E-state index contributed by atoms with van der Waals surface area (Å²) < 4.78 is 0. The number of nitrogens with one attached hydrogen (secondary N) is 2. The summed E-state index contributed by atoms with van der Waals surface area (Å²) in [6.45, 7) is 4.47. The lowest BCUT2D eigenvalue weighted by molar-refractivity contribution is -0.143. The van der Waals surface area contributed by atoms with Crippen LogP contribution in [-0.2, 0) is 16.0 Å². The zero-order chi connectivity index (χ0) is 15.4. The van der Waals surface area contributed by atoms with Gasteiger partial charge in [0.15, 0.2) is 0 Å². The van der Waals surface area contributed by atoms with Crippen LogP contribution in [0.25, 0.3) is 0 Å². The second kappa shape index (κ2) is 6.72. The zero-order valence-electron chi connectivity index (χ0n) is 12.4. The van der Waals surface area contributed by atoms with Gasteiger partial charge in [0, 0.05) is 6.54 Å². The minimum atomic E-state index is -0.984. The third-order valence-corrected chi connectivity index (χ3v) is 4.15. The van der Waals surface area contributed by atoms with Crippen LogP contribution in [0, 0.1) is 5.92 Å². The van der Waals surface area contributed by atoms with Gasteiger partial charge in [-0.2, -0.15) is 0 Å². The molecule has 3 N–H and O–H groups in total. The van der Waals surface area contributed by atoms with Gasteiger partial charge in [0.05, 0.1) is 0 Å². The molecule has 0 saturated heterocycles. The summed E-state index contributed by atoms with van der Waals surface area (Å²) in [5.74, 6) is -1.36. The van der Waals surface area contributed by atoms with Gasteiger partial charge in [-0.1, -0.05) is 44.5 Å². The van der Waals surface area contributed by atoms with Crippen molar-refractivity contribution in [2.75, 3.05) is 6.54 Å². The molecule has 0 bridgehead atoms. The number of aliphatic carboxylic acids is 1. The maximum absolute atomic E-state index is 12.5. The fourth-order valence-corrected chi connectivity index (χ4v) is 2.66. The number of carboxylic acids is 1. The van der Waals surface area contributed by atoms with Crippen LogP contribution in [0.2, 0.25) is 0 Å². The Morgan fingerprint density at radius 3 is 2.81 bits per heavy atom. The quantitative estimate of drug-likeness (QED) is 0.767. The minimum Gasteiger partial charge on any atom is -0.480 e. The summed E-state index contributed by atoms with van der Waals surface area (Å²) in [6.07, 6.45) is 1.58. The van der Waals surface area contributed by atoms with Crippen molar-refractivity contribution in [1.82, 2.24) is 10.6 Å². The Morgan fingerprint density at radius 2 is 2.14 bits per heavy atom. The monoisotopic (exact) mass is 290 g/mol. The van der Waals surface area contributed by atoms with Gasteiger partial charge in [-0.15, -0.1) is 0 Å². The van der Waals surface area contributed by atoms with Crippen molar-refractivity contribution in [3.63, 3.8) is 0 Å². The van der Waals surface area contributed by atoms with Crippen LogP contribution in [0.3, 0.4) is 0 Å². The zero-order valence-corrected chi connectivity index (χ0v) is 12.4. The van der Waals surface area contributed by atoms with E-state index in [4.69, 9.17) is 0 Å². The van der Waals surface area contributed by atoms with Crippen molar-refractivity contribution < 1.29 is 14.7 Å². The maximum atomic E-state index is 12.5. The van der Waals surface area contributed by atoms with Gasteiger partial charge in [0.25, 0.3) is 0 Å². The number of hydrogen-bond acceptors (Lipinski definition) is 3. The van der Waals surface area contributed by atoms with E-state index in [0.717, 1.165) is 24.1 Å². The van der Waals surface area contributed by atoms with Crippen molar-refractivity contribution in [3.05, 3.63) is 35.4 Å². The lowest BCUT2D eigenvalue weighted by Crippen LogP contribution is -2.50. The Bertz CT molecular complexity index is 530. The molecule has 21 heavy (non-hydrogen) atoms. The fraction of sp³-hybridized carbons (Fsp3) is 0.500. The van der Waals surface area contributed by atoms with Gasteiger partial charge in [0.2, 0.25) is 5.91 Å².